The number of amides is 1. The third-order valence-corrected chi connectivity index (χ3v) is 7.07. The minimum atomic E-state index is -3.63. The summed E-state index contributed by atoms with van der Waals surface area (Å²) in [6.45, 7) is 0.924. The third kappa shape index (κ3) is 6.27. The summed E-state index contributed by atoms with van der Waals surface area (Å²) in [7, 11) is -3.63. The molecule has 1 atom stereocenters. The molecule has 1 aliphatic heterocycles. The van der Waals surface area contributed by atoms with Gasteiger partial charge < -0.3 is 10.1 Å². The average Bonchev–Trinajstić information content (AvgIpc) is 3.38. The highest BCUT2D eigenvalue weighted by Crippen LogP contribution is 2.19. The topological polar surface area (TPSA) is 96.5 Å². The van der Waals surface area contributed by atoms with E-state index in [0.29, 0.717) is 17.9 Å². The molecule has 3 aromatic rings. The van der Waals surface area contributed by atoms with Crippen molar-refractivity contribution >= 4 is 38.9 Å². The Bertz CT molecular complexity index is 1240. The molecule has 4 rings (SSSR count). The van der Waals surface area contributed by atoms with E-state index in [1.54, 1.807) is 24.3 Å². The van der Waals surface area contributed by atoms with Crippen LogP contribution in [0.1, 0.15) is 23.2 Å². The number of carbonyl (C=O) groups is 1. The fourth-order valence-corrected chi connectivity index (χ4v) is 4.87. The Labute approximate surface area is 204 Å². The molecule has 1 aliphatic rings. The first kappa shape index (κ1) is 24.0. The van der Waals surface area contributed by atoms with Crippen LogP contribution in [0.3, 0.4) is 0 Å². The van der Waals surface area contributed by atoms with Crippen molar-refractivity contribution < 1.29 is 17.9 Å². The molecule has 0 spiro atoms. The molecule has 3 aromatic carbocycles. The molecule has 1 amide bonds. The fraction of sp³-hybridized carbons (Fsp3) is 0.200. The van der Waals surface area contributed by atoms with Crippen molar-refractivity contribution in [2.75, 3.05) is 18.5 Å². The van der Waals surface area contributed by atoms with Crippen molar-refractivity contribution in [3.8, 4) is 11.1 Å². The lowest BCUT2D eigenvalue weighted by Crippen LogP contribution is -2.34. The maximum absolute atomic E-state index is 12.5. The van der Waals surface area contributed by atoms with E-state index >= 15 is 0 Å². The Morgan fingerprint density at radius 2 is 1.62 bits per heavy atom. The number of benzene rings is 3. The molecule has 0 bridgehead atoms. The molecule has 1 heterocycles. The van der Waals surface area contributed by atoms with Gasteiger partial charge in [-0.25, -0.2) is 13.1 Å². The van der Waals surface area contributed by atoms with E-state index in [9.17, 15) is 13.2 Å². The molecular formula is C25H25N3O4S2. The van der Waals surface area contributed by atoms with E-state index in [4.69, 9.17) is 17.0 Å². The molecule has 3 N–H and O–H groups in total. The molecular weight excluding hydrogens is 470 g/mol. The predicted octanol–water partition coefficient (Wildman–Crippen LogP) is 3.94. The smallest absolute Gasteiger partial charge is 0.257 e. The molecule has 0 radical (unpaired) electrons. The second kappa shape index (κ2) is 10.9. The number of nitrogens with one attached hydrogen (secondary N) is 3. The standard InChI is InChI=1S/C25H25N3O4S2/c29-24(20-10-8-19(9-11-20)18-5-2-1-3-6-18)28-25(33)27-21-12-14-23(15-13-21)34(30,31)26-17-22-7-4-16-32-22/h1-3,5-6,8-15,22,26H,4,7,16-17H2,(H2,27,28,29,33). The van der Waals surface area contributed by atoms with E-state index in [-0.39, 0.29) is 28.6 Å². The van der Waals surface area contributed by atoms with Crippen LogP contribution >= 0.6 is 12.2 Å². The lowest BCUT2D eigenvalue weighted by Gasteiger charge is -2.13. The molecule has 9 heteroatoms. The van der Waals surface area contributed by atoms with Crippen molar-refractivity contribution in [2.45, 2.75) is 23.8 Å². The van der Waals surface area contributed by atoms with Gasteiger partial charge in [0.25, 0.3) is 5.91 Å². The van der Waals surface area contributed by atoms with Crippen molar-refractivity contribution in [3.63, 3.8) is 0 Å². The van der Waals surface area contributed by atoms with Crippen LogP contribution in [0.2, 0.25) is 0 Å². The van der Waals surface area contributed by atoms with Crippen LogP contribution in [0.5, 0.6) is 0 Å². The minimum Gasteiger partial charge on any atom is -0.377 e. The Morgan fingerprint density at radius 1 is 0.941 bits per heavy atom. The SMILES string of the molecule is O=C(NC(=S)Nc1ccc(S(=O)(=O)NCC2CCCO2)cc1)c1ccc(-c2ccccc2)cc1. The van der Waals surface area contributed by atoms with Gasteiger partial charge in [-0.05, 0) is 72.6 Å². The van der Waals surface area contributed by atoms with Gasteiger partial charge in [0.2, 0.25) is 10.0 Å². The van der Waals surface area contributed by atoms with Crippen molar-refractivity contribution in [3.05, 3.63) is 84.4 Å². The van der Waals surface area contributed by atoms with Crippen LogP contribution in [0.25, 0.3) is 11.1 Å². The Morgan fingerprint density at radius 3 is 2.26 bits per heavy atom. The van der Waals surface area contributed by atoms with Gasteiger partial charge in [0, 0.05) is 24.4 Å². The molecule has 1 unspecified atom stereocenters. The van der Waals surface area contributed by atoms with Gasteiger partial charge in [-0.3, -0.25) is 10.1 Å². The quantitative estimate of drug-likeness (QED) is 0.430. The molecule has 0 aromatic heterocycles. The minimum absolute atomic E-state index is 0.0776. The molecule has 1 fully saturated rings. The first-order valence-electron chi connectivity index (χ1n) is 10.9. The maximum Gasteiger partial charge on any atom is 0.257 e. The second-order valence-corrected chi connectivity index (χ2v) is 10.0. The zero-order chi connectivity index (χ0) is 24.0. The van der Waals surface area contributed by atoms with Crippen molar-refractivity contribution in [2.24, 2.45) is 0 Å². The zero-order valence-electron chi connectivity index (χ0n) is 18.4. The van der Waals surface area contributed by atoms with Crippen LogP contribution < -0.4 is 15.4 Å². The molecule has 176 valence electrons. The van der Waals surface area contributed by atoms with Gasteiger partial charge in [-0.15, -0.1) is 0 Å². The number of thiocarbonyl (C=S) groups is 1. The number of rotatable bonds is 7. The average molecular weight is 496 g/mol. The largest absolute Gasteiger partial charge is 0.377 e. The van der Waals surface area contributed by atoms with Crippen LogP contribution in [0.15, 0.2) is 83.8 Å². The molecule has 34 heavy (non-hydrogen) atoms. The summed E-state index contributed by atoms with van der Waals surface area (Å²) in [6.07, 6.45) is 1.72. The predicted molar refractivity (Wildman–Crippen MR) is 136 cm³/mol. The summed E-state index contributed by atoms with van der Waals surface area (Å²) in [6, 6.07) is 23.3. The van der Waals surface area contributed by atoms with Crippen LogP contribution in [-0.4, -0.2) is 38.7 Å². The highest BCUT2D eigenvalue weighted by molar-refractivity contribution is 7.89. The van der Waals surface area contributed by atoms with Crippen molar-refractivity contribution in [1.29, 1.82) is 0 Å². The lowest BCUT2D eigenvalue weighted by atomic mass is 10.0. The number of anilines is 1. The normalized spacial score (nSPS) is 15.6. The first-order chi connectivity index (χ1) is 16.4. The third-order valence-electron chi connectivity index (χ3n) is 5.43. The summed E-state index contributed by atoms with van der Waals surface area (Å²) in [4.78, 5) is 12.7. The number of carbonyl (C=O) groups excluding carboxylic acids is 1. The summed E-state index contributed by atoms with van der Waals surface area (Å²) in [5.41, 5.74) is 3.11. The highest BCUT2D eigenvalue weighted by atomic mass is 32.2. The van der Waals surface area contributed by atoms with E-state index in [0.717, 1.165) is 24.0 Å². The van der Waals surface area contributed by atoms with Gasteiger partial charge in [0.15, 0.2) is 5.11 Å². The van der Waals surface area contributed by atoms with Crippen LogP contribution in [0.4, 0.5) is 5.69 Å². The van der Waals surface area contributed by atoms with E-state index in [1.165, 1.54) is 12.1 Å². The van der Waals surface area contributed by atoms with E-state index in [1.807, 2.05) is 42.5 Å². The van der Waals surface area contributed by atoms with E-state index in [2.05, 4.69) is 15.4 Å². The van der Waals surface area contributed by atoms with Gasteiger partial charge >= 0.3 is 0 Å². The van der Waals surface area contributed by atoms with Crippen LogP contribution in [0, 0.1) is 0 Å². The zero-order valence-corrected chi connectivity index (χ0v) is 20.0. The van der Waals surface area contributed by atoms with Gasteiger partial charge in [-0.2, -0.15) is 0 Å². The number of hydrogen-bond acceptors (Lipinski definition) is 5. The molecule has 7 nitrogen and oxygen atoms in total. The molecule has 1 saturated heterocycles. The van der Waals surface area contributed by atoms with Gasteiger partial charge in [0.1, 0.15) is 0 Å². The Hall–Kier alpha value is -3.11. The Kier molecular flexibility index (Phi) is 7.69. The summed E-state index contributed by atoms with van der Waals surface area (Å²) < 4.78 is 33.0. The maximum atomic E-state index is 12.5. The fourth-order valence-electron chi connectivity index (χ4n) is 3.59. The summed E-state index contributed by atoms with van der Waals surface area (Å²) >= 11 is 5.24. The van der Waals surface area contributed by atoms with Crippen molar-refractivity contribution in [1.82, 2.24) is 10.0 Å². The highest BCUT2D eigenvalue weighted by Gasteiger charge is 2.20. The van der Waals surface area contributed by atoms with Gasteiger partial charge in [-0.1, -0.05) is 42.5 Å². The number of sulfonamides is 1. The first-order valence-corrected chi connectivity index (χ1v) is 12.8. The lowest BCUT2D eigenvalue weighted by molar-refractivity contribution is 0.0977. The second-order valence-electron chi connectivity index (χ2n) is 7.86. The van der Waals surface area contributed by atoms with Crippen LogP contribution in [-0.2, 0) is 14.8 Å². The summed E-state index contributed by atoms with van der Waals surface area (Å²) in [5.74, 6) is -0.338. The number of ether oxygens (including phenoxy) is 1. The molecule has 0 saturated carbocycles. The molecule has 0 aliphatic carbocycles. The number of hydrogen-bond donors (Lipinski definition) is 3. The summed E-state index contributed by atoms with van der Waals surface area (Å²) in [5, 5.41) is 5.65. The monoisotopic (exact) mass is 495 g/mol. The van der Waals surface area contributed by atoms with Gasteiger partial charge in [0.05, 0.1) is 11.0 Å². The Balaban J connectivity index is 1.30. The van der Waals surface area contributed by atoms with E-state index < -0.39 is 10.0 Å².